The second kappa shape index (κ2) is 4.68. The molecule has 0 aromatic heterocycles. The number of hydrogen-bond acceptors (Lipinski definition) is 2. The van der Waals surface area contributed by atoms with Crippen molar-refractivity contribution < 1.29 is 13.5 Å². The van der Waals surface area contributed by atoms with E-state index in [2.05, 4.69) is 5.32 Å². The van der Waals surface area contributed by atoms with E-state index in [-0.39, 0.29) is 11.3 Å². The number of benzene rings is 1. The number of nitrogens with one attached hydrogen (secondary N) is 1. The fourth-order valence-corrected chi connectivity index (χ4v) is 1.31. The van der Waals surface area contributed by atoms with Gasteiger partial charge in [-0.15, -0.1) is 0 Å². The highest BCUT2D eigenvalue weighted by Crippen LogP contribution is 2.31. The number of rotatable bonds is 4. The van der Waals surface area contributed by atoms with Crippen molar-refractivity contribution in [1.82, 2.24) is 0 Å². The van der Waals surface area contributed by atoms with Gasteiger partial charge in [-0.1, -0.05) is 6.92 Å². The molecule has 0 spiro atoms. The van der Waals surface area contributed by atoms with Crippen LogP contribution < -0.4 is 10.1 Å². The second-order valence-corrected chi connectivity index (χ2v) is 4.33. The van der Waals surface area contributed by atoms with Crippen molar-refractivity contribution in [2.75, 3.05) is 12.4 Å². The van der Waals surface area contributed by atoms with Crippen molar-refractivity contribution in [3.05, 3.63) is 23.8 Å². The first-order valence-electron chi connectivity index (χ1n) is 5.21. The molecule has 1 rings (SSSR count). The van der Waals surface area contributed by atoms with Crippen molar-refractivity contribution >= 4 is 5.69 Å². The molecule has 0 heterocycles. The Morgan fingerprint density at radius 2 is 1.94 bits per heavy atom. The van der Waals surface area contributed by atoms with E-state index in [9.17, 15) is 8.78 Å². The zero-order chi connectivity index (χ0) is 12.3. The SMILES string of the molecule is CCC(C)(C)Nc1cc(F)cc(F)c1OC. The summed E-state index contributed by atoms with van der Waals surface area (Å²) in [5.41, 5.74) is 0.0971. The molecular formula is C12H17F2NO. The molecule has 1 aromatic rings. The number of ether oxygens (including phenoxy) is 1. The minimum Gasteiger partial charge on any atom is -0.492 e. The van der Waals surface area contributed by atoms with E-state index < -0.39 is 11.6 Å². The van der Waals surface area contributed by atoms with E-state index >= 15 is 0 Å². The molecule has 0 fully saturated rings. The Morgan fingerprint density at radius 1 is 1.31 bits per heavy atom. The molecule has 0 radical (unpaired) electrons. The smallest absolute Gasteiger partial charge is 0.177 e. The molecular weight excluding hydrogens is 212 g/mol. The Bertz CT molecular complexity index is 378. The third kappa shape index (κ3) is 2.84. The van der Waals surface area contributed by atoms with Gasteiger partial charge >= 0.3 is 0 Å². The van der Waals surface area contributed by atoms with Crippen molar-refractivity contribution in [2.45, 2.75) is 32.7 Å². The van der Waals surface area contributed by atoms with E-state index in [1.807, 2.05) is 20.8 Å². The van der Waals surface area contributed by atoms with Gasteiger partial charge in [-0.05, 0) is 20.3 Å². The van der Waals surface area contributed by atoms with Crippen LogP contribution in [-0.2, 0) is 0 Å². The Balaban J connectivity index is 3.12. The molecule has 90 valence electrons. The minimum absolute atomic E-state index is 0.0444. The minimum atomic E-state index is -0.697. The molecule has 2 nitrogen and oxygen atoms in total. The van der Waals surface area contributed by atoms with Crippen molar-refractivity contribution in [2.24, 2.45) is 0 Å². The standard InChI is InChI=1S/C12H17F2NO/c1-5-12(2,3)15-10-7-8(13)6-9(14)11(10)16-4/h6-7,15H,5H2,1-4H3. The Kier molecular flexibility index (Phi) is 3.73. The summed E-state index contributed by atoms with van der Waals surface area (Å²) in [4.78, 5) is 0. The number of hydrogen-bond donors (Lipinski definition) is 1. The lowest BCUT2D eigenvalue weighted by Gasteiger charge is -2.27. The molecule has 0 aliphatic carbocycles. The Labute approximate surface area is 94.6 Å². The van der Waals surface area contributed by atoms with Gasteiger partial charge in [-0.3, -0.25) is 0 Å². The van der Waals surface area contributed by atoms with Crippen molar-refractivity contribution in [3.8, 4) is 5.75 Å². The fourth-order valence-electron chi connectivity index (χ4n) is 1.31. The van der Waals surface area contributed by atoms with Crippen LogP contribution in [0.5, 0.6) is 5.75 Å². The van der Waals surface area contributed by atoms with E-state index in [1.54, 1.807) is 0 Å². The van der Waals surface area contributed by atoms with E-state index in [0.29, 0.717) is 5.69 Å². The highest BCUT2D eigenvalue weighted by molar-refractivity contribution is 5.58. The van der Waals surface area contributed by atoms with Gasteiger partial charge < -0.3 is 10.1 Å². The van der Waals surface area contributed by atoms with Crippen LogP contribution in [0.15, 0.2) is 12.1 Å². The average Bonchev–Trinajstić information content (AvgIpc) is 2.16. The monoisotopic (exact) mass is 229 g/mol. The van der Waals surface area contributed by atoms with Gasteiger partial charge in [0.2, 0.25) is 0 Å². The van der Waals surface area contributed by atoms with Crippen LogP contribution in [0.25, 0.3) is 0 Å². The molecule has 0 aliphatic rings. The first kappa shape index (κ1) is 12.7. The molecule has 0 unspecified atom stereocenters. The molecule has 1 aromatic carbocycles. The van der Waals surface area contributed by atoms with Gasteiger partial charge in [0.25, 0.3) is 0 Å². The summed E-state index contributed by atoms with van der Waals surface area (Å²) in [6, 6.07) is 2.04. The number of halogens is 2. The average molecular weight is 229 g/mol. The van der Waals surface area contributed by atoms with Crippen LogP contribution in [0.2, 0.25) is 0 Å². The maximum absolute atomic E-state index is 13.4. The van der Waals surface area contributed by atoms with Gasteiger partial charge in [0.1, 0.15) is 5.82 Å². The number of methoxy groups -OCH3 is 1. The molecule has 0 saturated carbocycles. The topological polar surface area (TPSA) is 21.3 Å². The lowest BCUT2D eigenvalue weighted by Crippen LogP contribution is -2.30. The first-order chi connectivity index (χ1) is 7.39. The molecule has 0 amide bonds. The summed E-state index contributed by atoms with van der Waals surface area (Å²) in [5, 5.41) is 3.06. The molecule has 0 aliphatic heterocycles. The summed E-state index contributed by atoms with van der Waals surface area (Å²) in [6.07, 6.45) is 0.828. The quantitative estimate of drug-likeness (QED) is 0.852. The van der Waals surface area contributed by atoms with Crippen molar-refractivity contribution in [1.29, 1.82) is 0 Å². The lowest BCUT2D eigenvalue weighted by molar-refractivity contribution is 0.384. The highest BCUT2D eigenvalue weighted by atomic mass is 19.1. The molecule has 4 heteroatoms. The van der Waals surface area contributed by atoms with E-state index in [1.165, 1.54) is 13.2 Å². The fraction of sp³-hybridized carbons (Fsp3) is 0.500. The zero-order valence-electron chi connectivity index (χ0n) is 10.0. The predicted octanol–water partition coefficient (Wildman–Crippen LogP) is 3.57. The van der Waals surface area contributed by atoms with Crippen LogP contribution in [0.4, 0.5) is 14.5 Å². The van der Waals surface area contributed by atoms with Crippen LogP contribution in [0.3, 0.4) is 0 Å². The van der Waals surface area contributed by atoms with Crippen molar-refractivity contribution in [3.63, 3.8) is 0 Å². The van der Waals surface area contributed by atoms with Gasteiger partial charge in [0.15, 0.2) is 11.6 Å². The highest BCUT2D eigenvalue weighted by Gasteiger charge is 2.19. The zero-order valence-corrected chi connectivity index (χ0v) is 10.0. The number of anilines is 1. The summed E-state index contributed by atoms with van der Waals surface area (Å²) < 4.78 is 31.4. The third-order valence-corrected chi connectivity index (χ3v) is 2.57. The van der Waals surface area contributed by atoms with Crippen LogP contribution in [0, 0.1) is 11.6 Å². The Morgan fingerprint density at radius 3 is 2.44 bits per heavy atom. The first-order valence-corrected chi connectivity index (χ1v) is 5.21. The van der Waals surface area contributed by atoms with E-state index in [4.69, 9.17) is 4.74 Å². The lowest BCUT2D eigenvalue weighted by atomic mass is 10.0. The van der Waals surface area contributed by atoms with Crippen LogP contribution in [0.1, 0.15) is 27.2 Å². The molecule has 16 heavy (non-hydrogen) atoms. The Hall–Kier alpha value is -1.32. The summed E-state index contributed by atoms with van der Waals surface area (Å²) in [6.45, 7) is 5.90. The summed E-state index contributed by atoms with van der Waals surface area (Å²) in [7, 11) is 1.36. The molecule has 0 bridgehead atoms. The van der Waals surface area contributed by atoms with Gasteiger partial charge in [0, 0.05) is 17.7 Å². The normalized spacial score (nSPS) is 11.4. The largest absolute Gasteiger partial charge is 0.492 e. The third-order valence-electron chi connectivity index (χ3n) is 2.57. The predicted molar refractivity (Wildman–Crippen MR) is 60.9 cm³/mol. The summed E-state index contributed by atoms with van der Waals surface area (Å²) in [5.74, 6) is -1.27. The maximum atomic E-state index is 13.4. The van der Waals surface area contributed by atoms with E-state index in [0.717, 1.165) is 12.5 Å². The van der Waals surface area contributed by atoms with Crippen LogP contribution >= 0.6 is 0 Å². The molecule has 1 N–H and O–H groups in total. The van der Waals surface area contributed by atoms with Crippen LogP contribution in [-0.4, -0.2) is 12.6 Å². The maximum Gasteiger partial charge on any atom is 0.177 e. The second-order valence-electron chi connectivity index (χ2n) is 4.33. The van der Waals surface area contributed by atoms with Gasteiger partial charge in [-0.25, -0.2) is 8.78 Å². The molecule has 0 saturated heterocycles. The van der Waals surface area contributed by atoms with Gasteiger partial charge in [-0.2, -0.15) is 0 Å². The molecule has 0 atom stereocenters. The summed E-state index contributed by atoms with van der Waals surface area (Å²) >= 11 is 0. The van der Waals surface area contributed by atoms with Gasteiger partial charge in [0.05, 0.1) is 12.8 Å².